The third kappa shape index (κ3) is 6.62. The number of unbranched alkanes of at least 4 members (excludes halogenated alkanes) is 6. The van der Waals surface area contributed by atoms with Crippen molar-refractivity contribution in [3.8, 4) is 5.75 Å². The van der Waals surface area contributed by atoms with Gasteiger partial charge in [0.15, 0.2) is 0 Å². The van der Waals surface area contributed by atoms with Crippen LogP contribution in [0.15, 0.2) is 18.2 Å². The predicted octanol–water partition coefficient (Wildman–Crippen LogP) is 5.52. The molecule has 114 valence electrons. The molecule has 0 aliphatic heterocycles. The van der Waals surface area contributed by atoms with Crippen molar-refractivity contribution in [3.05, 3.63) is 28.8 Å². The molecule has 0 saturated heterocycles. The van der Waals surface area contributed by atoms with Crippen molar-refractivity contribution >= 4 is 11.6 Å². The summed E-state index contributed by atoms with van der Waals surface area (Å²) in [5.74, 6) is 0.746. The van der Waals surface area contributed by atoms with Crippen molar-refractivity contribution in [2.45, 2.75) is 64.9 Å². The number of halogens is 1. The lowest BCUT2D eigenvalue weighted by molar-refractivity contribution is 0.190. The second-order valence-corrected chi connectivity index (χ2v) is 5.76. The predicted molar refractivity (Wildman–Crippen MR) is 85.6 cm³/mol. The monoisotopic (exact) mass is 298 g/mol. The molecule has 0 aliphatic carbocycles. The highest BCUT2D eigenvalue weighted by Crippen LogP contribution is 2.28. The van der Waals surface area contributed by atoms with Crippen LogP contribution in [0.4, 0.5) is 0 Å². The topological polar surface area (TPSA) is 29.5 Å². The van der Waals surface area contributed by atoms with E-state index in [0.717, 1.165) is 17.7 Å². The van der Waals surface area contributed by atoms with Gasteiger partial charge in [0.05, 0.1) is 12.7 Å². The molecule has 1 N–H and O–H groups in total. The lowest BCUT2D eigenvalue weighted by Gasteiger charge is -2.13. The van der Waals surface area contributed by atoms with E-state index in [9.17, 15) is 5.11 Å². The summed E-state index contributed by atoms with van der Waals surface area (Å²) in [4.78, 5) is 0. The Hall–Kier alpha value is -0.730. The second kappa shape index (κ2) is 10.1. The summed E-state index contributed by atoms with van der Waals surface area (Å²) < 4.78 is 5.76. The lowest BCUT2D eigenvalue weighted by atomic mass is 10.1. The first-order chi connectivity index (χ1) is 9.65. The van der Waals surface area contributed by atoms with Crippen molar-refractivity contribution in [1.82, 2.24) is 0 Å². The van der Waals surface area contributed by atoms with Gasteiger partial charge >= 0.3 is 0 Å². The molecule has 3 heteroatoms. The molecule has 2 nitrogen and oxygen atoms in total. The molecular formula is C17H27ClO2. The van der Waals surface area contributed by atoms with Gasteiger partial charge in [0, 0.05) is 10.6 Å². The fourth-order valence-corrected chi connectivity index (χ4v) is 2.40. The summed E-state index contributed by atoms with van der Waals surface area (Å²) in [5.41, 5.74) is 0.764. The van der Waals surface area contributed by atoms with Crippen LogP contribution in [0.25, 0.3) is 0 Å². The molecule has 0 radical (unpaired) electrons. The molecule has 0 aromatic heterocycles. The van der Waals surface area contributed by atoms with Crippen LogP contribution in [0.1, 0.15) is 70.5 Å². The summed E-state index contributed by atoms with van der Waals surface area (Å²) in [7, 11) is 0. The fraction of sp³-hybridized carbons (Fsp3) is 0.647. The highest BCUT2D eigenvalue weighted by Gasteiger charge is 2.09. The zero-order chi connectivity index (χ0) is 14.8. The van der Waals surface area contributed by atoms with E-state index >= 15 is 0 Å². The standard InChI is InChI=1S/C17H27ClO2/c1-3-4-5-6-7-8-9-12-20-17-11-10-15(18)13-16(17)14(2)19/h10-11,13-14,19H,3-9,12H2,1-2H3/t14-/m1/s1. The average molecular weight is 299 g/mol. The zero-order valence-corrected chi connectivity index (χ0v) is 13.5. The maximum atomic E-state index is 9.71. The molecule has 1 atom stereocenters. The Morgan fingerprint density at radius 1 is 1.10 bits per heavy atom. The van der Waals surface area contributed by atoms with Gasteiger partial charge in [0.1, 0.15) is 5.75 Å². The van der Waals surface area contributed by atoms with E-state index in [4.69, 9.17) is 16.3 Å². The molecule has 1 rings (SSSR count). The Labute approximate surface area is 128 Å². The highest BCUT2D eigenvalue weighted by molar-refractivity contribution is 6.30. The molecule has 0 bridgehead atoms. The Morgan fingerprint density at radius 2 is 1.75 bits per heavy atom. The molecule has 0 spiro atoms. The molecule has 1 aromatic rings. The molecule has 0 amide bonds. The smallest absolute Gasteiger partial charge is 0.125 e. The van der Waals surface area contributed by atoms with Crippen LogP contribution in [0.5, 0.6) is 5.75 Å². The Bertz CT molecular complexity index is 377. The zero-order valence-electron chi connectivity index (χ0n) is 12.7. The summed E-state index contributed by atoms with van der Waals surface area (Å²) in [6.45, 7) is 4.67. The third-order valence-corrected chi connectivity index (χ3v) is 3.66. The van der Waals surface area contributed by atoms with Gasteiger partial charge in [-0.15, -0.1) is 0 Å². The van der Waals surface area contributed by atoms with E-state index < -0.39 is 6.10 Å². The van der Waals surface area contributed by atoms with Gasteiger partial charge in [0.25, 0.3) is 0 Å². The minimum Gasteiger partial charge on any atom is -0.493 e. The van der Waals surface area contributed by atoms with E-state index in [-0.39, 0.29) is 0 Å². The molecular weight excluding hydrogens is 272 g/mol. The highest BCUT2D eigenvalue weighted by atomic mass is 35.5. The molecule has 0 unspecified atom stereocenters. The SMILES string of the molecule is CCCCCCCCCOc1ccc(Cl)cc1[C@@H](C)O. The number of ether oxygens (including phenoxy) is 1. The van der Waals surface area contributed by atoms with E-state index in [2.05, 4.69) is 6.92 Å². The molecule has 1 aromatic carbocycles. The minimum atomic E-state index is -0.558. The number of aliphatic hydroxyl groups is 1. The Balaban J connectivity index is 2.25. The van der Waals surface area contributed by atoms with E-state index in [0.29, 0.717) is 11.6 Å². The van der Waals surface area contributed by atoms with E-state index in [1.54, 1.807) is 19.1 Å². The first-order valence-corrected chi connectivity index (χ1v) is 8.13. The fourth-order valence-electron chi connectivity index (χ4n) is 2.22. The maximum Gasteiger partial charge on any atom is 0.125 e. The Kier molecular flexibility index (Phi) is 8.72. The second-order valence-electron chi connectivity index (χ2n) is 5.33. The molecule has 0 aliphatic rings. The summed E-state index contributed by atoms with van der Waals surface area (Å²) in [5, 5.41) is 10.3. The van der Waals surface area contributed by atoms with Crippen molar-refractivity contribution < 1.29 is 9.84 Å². The first kappa shape index (κ1) is 17.3. The van der Waals surface area contributed by atoms with Crippen LogP contribution >= 0.6 is 11.6 Å². The molecule has 0 saturated carbocycles. The molecule has 0 heterocycles. The van der Waals surface area contributed by atoms with Crippen molar-refractivity contribution in [2.24, 2.45) is 0 Å². The normalized spacial score (nSPS) is 12.4. The quantitative estimate of drug-likeness (QED) is 0.576. The van der Waals surface area contributed by atoms with Gasteiger partial charge in [-0.2, -0.15) is 0 Å². The Morgan fingerprint density at radius 3 is 2.40 bits per heavy atom. The van der Waals surface area contributed by atoms with Crippen LogP contribution < -0.4 is 4.74 Å². The first-order valence-electron chi connectivity index (χ1n) is 7.75. The minimum absolute atomic E-state index is 0.558. The lowest BCUT2D eigenvalue weighted by Crippen LogP contribution is -2.02. The van der Waals surface area contributed by atoms with E-state index in [1.807, 2.05) is 6.07 Å². The van der Waals surface area contributed by atoms with Crippen LogP contribution in [-0.4, -0.2) is 11.7 Å². The average Bonchev–Trinajstić information content (AvgIpc) is 2.43. The summed E-state index contributed by atoms with van der Waals surface area (Å²) in [6, 6.07) is 5.41. The van der Waals surface area contributed by atoms with Gasteiger partial charge in [-0.1, -0.05) is 57.0 Å². The molecule has 20 heavy (non-hydrogen) atoms. The number of hydrogen-bond acceptors (Lipinski definition) is 2. The van der Waals surface area contributed by atoms with E-state index in [1.165, 1.54) is 38.5 Å². The van der Waals surface area contributed by atoms with Gasteiger partial charge in [-0.3, -0.25) is 0 Å². The van der Waals surface area contributed by atoms with Gasteiger partial charge in [-0.25, -0.2) is 0 Å². The summed E-state index contributed by atoms with van der Waals surface area (Å²) in [6.07, 6.45) is 8.32. The number of rotatable bonds is 10. The number of aliphatic hydroxyl groups excluding tert-OH is 1. The van der Waals surface area contributed by atoms with Gasteiger partial charge in [-0.05, 0) is 31.5 Å². The third-order valence-electron chi connectivity index (χ3n) is 3.43. The van der Waals surface area contributed by atoms with Crippen LogP contribution in [0.2, 0.25) is 5.02 Å². The van der Waals surface area contributed by atoms with Crippen molar-refractivity contribution in [3.63, 3.8) is 0 Å². The van der Waals surface area contributed by atoms with Crippen molar-refractivity contribution in [1.29, 1.82) is 0 Å². The van der Waals surface area contributed by atoms with Gasteiger partial charge < -0.3 is 9.84 Å². The largest absolute Gasteiger partial charge is 0.493 e. The van der Waals surface area contributed by atoms with Crippen LogP contribution in [0, 0.1) is 0 Å². The maximum absolute atomic E-state index is 9.71. The summed E-state index contributed by atoms with van der Waals surface area (Å²) >= 11 is 5.94. The van der Waals surface area contributed by atoms with Crippen LogP contribution in [0.3, 0.4) is 0 Å². The molecule has 0 fully saturated rings. The van der Waals surface area contributed by atoms with Crippen molar-refractivity contribution in [2.75, 3.05) is 6.61 Å². The van der Waals surface area contributed by atoms with Gasteiger partial charge in [0.2, 0.25) is 0 Å². The van der Waals surface area contributed by atoms with Crippen LogP contribution in [-0.2, 0) is 0 Å². The number of hydrogen-bond donors (Lipinski definition) is 1. The number of benzene rings is 1.